The summed E-state index contributed by atoms with van der Waals surface area (Å²) in [7, 11) is 5.13. The SMILES string of the molecule is CN=C(NCc1ccc(OC)cc1OC)NCC(C)CN1CCCCC1.I. The van der Waals surface area contributed by atoms with Gasteiger partial charge in [0.15, 0.2) is 5.96 Å². The molecule has 1 atom stereocenters. The summed E-state index contributed by atoms with van der Waals surface area (Å²) >= 11 is 0. The fraction of sp³-hybridized carbons (Fsp3) is 0.650. The number of likely N-dealkylation sites (tertiary alicyclic amines) is 1. The Hall–Kier alpha value is -1.22. The van der Waals surface area contributed by atoms with Gasteiger partial charge in [-0.3, -0.25) is 4.99 Å². The highest BCUT2D eigenvalue weighted by Gasteiger charge is 2.14. The molecule has 0 radical (unpaired) electrons. The Kier molecular flexibility index (Phi) is 11.5. The highest BCUT2D eigenvalue weighted by atomic mass is 127. The van der Waals surface area contributed by atoms with Crippen LogP contribution in [0.4, 0.5) is 0 Å². The lowest BCUT2D eigenvalue weighted by Crippen LogP contribution is -2.42. The second-order valence-corrected chi connectivity index (χ2v) is 6.95. The van der Waals surface area contributed by atoms with E-state index in [2.05, 4.69) is 27.4 Å². The van der Waals surface area contributed by atoms with Crippen LogP contribution < -0.4 is 20.1 Å². The van der Waals surface area contributed by atoms with Crippen LogP contribution in [0.25, 0.3) is 0 Å². The molecule has 27 heavy (non-hydrogen) atoms. The summed E-state index contributed by atoms with van der Waals surface area (Å²) in [5.74, 6) is 3.00. The van der Waals surface area contributed by atoms with E-state index in [4.69, 9.17) is 9.47 Å². The molecule has 154 valence electrons. The number of ether oxygens (including phenoxy) is 2. The van der Waals surface area contributed by atoms with Gasteiger partial charge in [0.1, 0.15) is 11.5 Å². The number of halogens is 1. The summed E-state index contributed by atoms with van der Waals surface area (Å²) in [6.07, 6.45) is 4.06. The minimum absolute atomic E-state index is 0. The topological polar surface area (TPSA) is 58.1 Å². The first-order valence-corrected chi connectivity index (χ1v) is 9.54. The third kappa shape index (κ3) is 8.13. The number of guanidine groups is 1. The van der Waals surface area contributed by atoms with Crippen molar-refractivity contribution in [2.45, 2.75) is 32.7 Å². The van der Waals surface area contributed by atoms with Crippen LogP contribution >= 0.6 is 24.0 Å². The molecular weight excluding hydrogens is 455 g/mol. The molecule has 1 aromatic rings. The van der Waals surface area contributed by atoms with E-state index in [-0.39, 0.29) is 24.0 Å². The molecule has 6 nitrogen and oxygen atoms in total. The van der Waals surface area contributed by atoms with E-state index in [1.165, 1.54) is 32.4 Å². The molecule has 2 rings (SSSR count). The summed E-state index contributed by atoms with van der Waals surface area (Å²) < 4.78 is 10.7. The number of hydrogen-bond acceptors (Lipinski definition) is 4. The van der Waals surface area contributed by atoms with Gasteiger partial charge in [0, 0.05) is 38.3 Å². The number of nitrogens with zero attached hydrogens (tertiary/aromatic N) is 2. The second-order valence-electron chi connectivity index (χ2n) is 6.95. The molecule has 1 aromatic carbocycles. The zero-order chi connectivity index (χ0) is 18.8. The summed E-state index contributed by atoms with van der Waals surface area (Å²) in [5.41, 5.74) is 1.07. The van der Waals surface area contributed by atoms with Gasteiger partial charge in [-0.15, -0.1) is 24.0 Å². The highest BCUT2D eigenvalue weighted by molar-refractivity contribution is 14.0. The zero-order valence-corrected chi connectivity index (χ0v) is 19.4. The van der Waals surface area contributed by atoms with Gasteiger partial charge in [0.25, 0.3) is 0 Å². The minimum atomic E-state index is 0. The molecule has 0 saturated carbocycles. The molecule has 1 unspecified atom stereocenters. The fourth-order valence-corrected chi connectivity index (χ4v) is 3.32. The first kappa shape index (κ1) is 23.8. The summed E-state index contributed by atoms with van der Waals surface area (Å²) in [4.78, 5) is 6.90. The lowest BCUT2D eigenvalue weighted by atomic mass is 10.1. The zero-order valence-electron chi connectivity index (χ0n) is 17.1. The molecule has 1 aliphatic heterocycles. The van der Waals surface area contributed by atoms with Crippen LogP contribution in [0.5, 0.6) is 11.5 Å². The van der Waals surface area contributed by atoms with Crippen LogP contribution in [0, 0.1) is 5.92 Å². The van der Waals surface area contributed by atoms with Gasteiger partial charge >= 0.3 is 0 Å². The van der Waals surface area contributed by atoms with Gasteiger partial charge < -0.3 is 25.0 Å². The van der Waals surface area contributed by atoms with Crippen LogP contribution in [0.3, 0.4) is 0 Å². The normalized spacial score (nSPS) is 16.2. The lowest BCUT2D eigenvalue weighted by molar-refractivity contribution is 0.201. The molecule has 0 amide bonds. The smallest absolute Gasteiger partial charge is 0.191 e. The van der Waals surface area contributed by atoms with Crippen LogP contribution in [0.15, 0.2) is 23.2 Å². The number of methoxy groups -OCH3 is 2. The summed E-state index contributed by atoms with van der Waals surface area (Å²) in [6.45, 7) is 7.49. The lowest BCUT2D eigenvalue weighted by Gasteiger charge is -2.29. The molecule has 7 heteroatoms. The number of hydrogen-bond donors (Lipinski definition) is 2. The molecular formula is C20H35IN4O2. The van der Waals surface area contributed by atoms with Crippen molar-refractivity contribution in [2.75, 3.05) is 47.4 Å². The molecule has 2 N–H and O–H groups in total. The second kappa shape index (κ2) is 13.0. The van der Waals surface area contributed by atoms with Crippen molar-refractivity contribution < 1.29 is 9.47 Å². The molecule has 1 heterocycles. The third-order valence-corrected chi connectivity index (χ3v) is 4.80. The molecule has 1 saturated heterocycles. The molecule has 1 fully saturated rings. The Labute approximate surface area is 181 Å². The van der Waals surface area contributed by atoms with E-state index in [1.807, 2.05) is 18.2 Å². The maximum atomic E-state index is 5.45. The van der Waals surface area contributed by atoms with E-state index in [9.17, 15) is 0 Å². The van der Waals surface area contributed by atoms with Crippen LogP contribution in [-0.2, 0) is 6.54 Å². The predicted octanol–water partition coefficient (Wildman–Crippen LogP) is 3.11. The standard InChI is InChI=1S/C20H34N4O2.HI/c1-16(15-24-10-6-5-7-11-24)13-22-20(21-2)23-14-17-8-9-18(25-3)12-19(17)26-4;/h8-9,12,16H,5-7,10-11,13-15H2,1-4H3,(H2,21,22,23);1H. The molecule has 0 aromatic heterocycles. The van der Waals surface area contributed by atoms with Crippen LogP contribution in [-0.4, -0.2) is 58.3 Å². The molecule has 1 aliphatic rings. The fourth-order valence-electron chi connectivity index (χ4n) is 3.32. The Bertz CT molecular complexity index is 577. The molecule has 0 spiro atoms. The van der Waals surface area contributed by atoms with E-state index >= 15 is 0 Å². The van der Waals surface area contributed by atoms with Crippen molar-refractivity contribution in [1.82, 2.24) is 15.5 Å². The van der Waals surface area contributed by atoms with Gasteiger partial charge in [0.05, 0.1) is 14.2 Å². The highest BCUT2D eigenvalue weighted by Crippen LogP contribution is 2.24. The number of piperidine rings is 1. The van der Waals surface area contributed by atoms with Gasteiger partial charge in [0.2, 0.25) is 0 Å². The van der Waals surface area contributed by atoms with Crippen molar-refractivity contribution in [1.29, 1.82) is 0 Å². The van der Waals surface area contributed by atoms with Gasteiger partial charge in [-0.2, -0.15) is 0 Å². The minimum Gasteiger partial charge on any atom is -0.497 e. The van der Waals surface area contributed by atoms with E-state index in [0.717, 1.165) is 36.1 Å². The van der Waals surface area contributed by atoms with Gasteiger partial charge in [-0.05, 0) is 44.0 Å². The summed E-state index contributed by atoms with van der Waals surface area (Å²) in [5, 5.41) is 6.80. The first-order chi connectivity index (χ1) is 12.7. The van der Waals surface area contributed by atoms with Crippen molar-refractivity contribution in [2.24, 2.45) is 10.9 Å². The number of rotatable bonds is 8. The largest absolute Gasteiger partial charge is 0.497 e. The van der Waals surface area contributed by atoms with Gasteiger partial charge in [-0.1, -0.05) is 13.3 Å². The van der Waals surface area contributed by atoms with Crippen molar-refractivity contribution >= 4 is 29.9 Å². The summed E-state index contributed by atoms with van der Waals surface area (Å²) in [6, 6.07) is 5.85. The average Bonchev–Trinajstić information content (AvgIpc) is 2.68. The predicted molar refractivity (Wildman–Crippen MR) is 123 cm³/mol. The van der Waals surface area contributed by atoms with E-state index in [1.54, 1.807) is 21.3 Å². The number of aliphatic imine (C=N–C) groups is 1. The van der Waals surface area contributed by atoms with Crippen LogP contribution in [0.1, 0.15) is 31.7 Å². The van der Waals surface area contributed by atoms with Gasteiger partial charge in [-0.25, -0.2) is 0 Å². The Morgan fingerprint density at radius 1 is 1.15 bits per heavy atom. The van der Waals surface area contributed by atoms with Crippen LogP contribution in [0.2, 0.25) is 0 Å². The maximum absolute atomic E-state index is 5.45. The van der Waals surface area contributed by atoms with E-state index in [0.29, 0.717) is 12.5 Å². The van der Waals surface area contributed by atoms with Crippen molar-refractivity contribution in [3.8, 4) is 11.5 Å². The maximum Gasteiger partial charge on any atom is 0.191 e. The monoisotopic (exact) mass is 490 g/mol. The number of nitrogens with one attached hydrogen (secondary N) is 2. The Morgan fingerprint density at radius 3 is 2.52 bits per heavy atom. The quantitative estimate of drug-likeness (QED) is 0.333. The van der Waals surface area contributed by atoms with Crippen molar-refractivity contribution in [3.63, 3.8) is 0 Å². The number of benzene rings is 1. The van der Waals surface area contributed by atoms with Crippen molar-refractivity contribution in [3.05, 3.63) is 23.8 Å². The molecule has 0 bridgehead atoms. The average molecular weight is 490 g/mol. The van der Waals surface area contributed by atoms with E-state index < -0.39 is 0 Å². The Balaban J connectivity index is 0.00000364. The first-order valence-electron chi connectivity index (χ1n) is 9.54. The Morgan fingerprint density at radius 2 is 1.89 bits per heavy atom. The molecule has 0 aliphatic carbocycles. The third-order valence-electron chi connectivity index (χ3n) is 4.80.